The predicted octanol–water partition coefficient (Wildman–Crippen LogP) is 2.48. The standard InChI is InChI=1S/C23H29N5O4S/c1-15-10-12-28(15)23-25-19-7-5-6-18(19)22(26-23)17-8-9-20(32-4)21(14-17)33(30,31)24-11-13-27(3)16(2)29/h8-9,11,14-15H,5-7,10,12-13H2,1-4H3. The van der Waals surface area contributed by atoms with Crippen molar-refractivity contribution in [2.45, 2.75) is 50.5 Å². The number of aryl methyl sites for hydroxylation is 1. The Bertz CT molecular complexity index is 1210. The fourth-order valence-electron chi connectivity index (χ4n) is 4.07. The number of hydrogen-bond acceptors (Lipinski definition) is 7. The van der Waals surface area contributed by atoms with Gasteiger partial charge in [-0.3, -0.25) is 4.79 Å². The smallest absolute Gasteiger partial charge is 0.285 e. The lowest BCUT2D eigenvalue weighted by Gasteiger charge is -2.39. The summed E-state index contributed by atoms with van der Waals surface area (Å²) in [4.78, 5) is 24.6. The Balaban J connectivity index is 1.74. The van der Waals surface area contributed by atoms with Crippen LogP contribution in [0.2, 0.25) is 0 Å². The molecule has 1 aromatic heterocycles. The third kappa shape index (κ3) is 4.57. The molecule has 9 nitrogen and oxygen atoms in total. The maximum Gasteiger partial charge on any atom is 0.285 e. The van der Waals surface area contributed by atoms with Crippen molar-refractivity contribution in [3.05, 3.63) is 29.5 Å². The molecule has 1 amide bonds. The van der Waals surface area contributed by atoms with Crippen molar-refractivity contribution in [2.24, 2.45) is 4.40 Å². The van der Waals surface area contributed by atoms with E-state index in [1.54, 1.807) is 19.2 Å². The van der Waals surface area contributed by atoms with Gasteiger partial charge in [0, 0.05) is 49.6 Å². The Morgan fingerprint density at radius 1 is 1.33 bits per heavy atom. The first-order valence-corrected chi connectivity index (χ1v) is 12.5. The monoisotopic (exact) mass is 471 g/mol. The molecule has 0 radical (unpaired) electrons. The van der Waals surface area contributed by atoms with Crippen LogP contribution >= 0.6 is 0 Å². The van der Waals surface area contributed by atoms with Gasteiger partial charge < -0.3 is 14.5 Å². The van der Waals surface area contributed by atoms with E-state index in [0.29, 0.717) is 17.6 Å². The number of hydrogen-bond donors (Lipinski definition) is 0. The second kappa shape index (κ2) is 9.09. The van der Waals surface area contributed by atoms with Crippen molar-refractivity contribution in [3.63, 3.8) is 0 Å². The quantitative estimate of drug-likeness (QED) is 0.571. The van der Waals surface area contributed by atoms with Crippen LogP contribution in [0.25, 0.3) is 11.3 Å². The normalized spacial score (nSPS) is 17.7. The lowest BCUT2D eigenvalue weighted by Crippen LogP contribution is -2.46. The third-order valence-corrected chi connectivity index (χ3v) is 7.62. The molecule has 2 aliphatic rings. The van der Waals surface area contributed by atoms with Crippen molar-refractivity contribution in [3.8, 4) is 17.0 Å². The maximum absolute atomic E-state index is 13.0. The Hall–Kier alpha value is -3.01. The van der Waals surface area contributed by atoms with Gasteiger partial charge in [-0.25, -0.2) is 9.97 Å². The van der Waals surface area contributed by atoms with Gasteiger partial charge in [0.2, 0.25) is 11.9 Å². The summed E-state index contributed by atoms with van der Waals surface area (Å²) in [5.74, 6) is 0.733. The minimum absolute atomic E-state index is 0.0338. The molecule has 0 N–H and O–H groups in total. The summed E-state index contributed by atoms with van der Waals surface area (Å²) >= 11 is 0. The van der Waals surface area contributed by atoms with Gasteiger partial charge in [-0.2, -0.15) is 12.8 Å². The molecule has 2 aromatic rings. The average Bonchev–Trinajstić information content (AvgIpc) is 3.25. The van der Waals surface area contributed by atoms with Crippen LogP contribution < -0.4 is 9.64 Å². The number of benzene rings is 1. The lowest BCUT2D eigenvalue weighted by molar-refractivity contribution is -0.126. The number of aromatic nitrogens is 2. The van der Waals surface area contributed by atoms with Gasteiger partial charge >= 0.3 is 0 Å². The molecule has 1 aliphatic carbocycles. The largest absolute Gasteiger partial charge is 0.495 e. The topological polar surface area (TPSA) is 105 Å². The van der Waals surface area contributed by atoms with Crippen molar-refractivity contribution < 1.29 is 17.9 Å². The number of methoxy groups -OCH3 is 1. The SMILES string of the molecule is COc1ccc(-c2nc(N3CCC3C)nc3c2CCC3)cc1S(=O)(=O)N=CCN(C)C(C)=O. The molecule has 1 atom stereocenters. The highest BCUT2D eigenvalue weighted by atomic mass is 32.2. The van der Waals surface area contributed by atoms with Crippen LogP contribution in [0.5, 0.6) is 5.75 Å². The highest BCUT2D eigenvalue weighted by molar-refractivity contribution is 7.90. The molecule has 1 fully saturated rings. The highest BCUT2D eigenvalue weighted by Crippen LogP contribution is 2.36. The van der Waals surface area contributed by atoms with E-state index in [4.69, 9.17) is 14.7 Å². The number of amides is 1. The fourth-order valence-corrected chi connectivity index (χ4v) is 5.12. The zero-order chi connectivity index (χ0) is 23.8. The van der Waals surface area contributed by atoms with Crippen molar-refractivity contribution >= 4 is 28.1 Å². The van der Waals surface area contributed by atoms with Gasteiger partial charge in [-0.15, -0.1) is 0 Å². The average molecular weight is 472 g/mol. The summed E-state index contributed by atoms with van der Waals surface area (Å²) in [6.45, 7) is 4.57. The Morgan fingerprint density at radius 3 is 2.76 bits per heavy atom. The van der Waals surface area contributed by atoms with E-state index in [1.807, 2.05) is 6.07 Å². The molecular formula is C23H29N5O4S. The van der Waals surface area contributed by atoms with Crippen molar-refractivity contribution in [1.29, 1.82) is 0 Å². The second-order valence-corrected chi connectivity index (χ2v) is 10.1. The first kappa shape index (κ1) is 23.2. The summed E-state index contributed by atoms with van der Waals surface area (Å²) in [7, 11) is -1.04. The molecule has 176 valence electrons. The van der Waals surface area contributed by atoms with Crippen molar-refractivity contribution in [1.82, 2.24) is 14.9 Å². The molecular weight excluding hydrogens is 442 g/mol. The lowest BCUT2D eigenvalue weighted by atomic mass is 10.0. The predicted molar refractivity (Wildman–Crippen MR) is 126 cm³/mol. The van der Waals surface area contributed by atoms with Crippen LogP contribution in [0, 0.1) is 0 Å². The molecule has 0 spiro atoms. The van der Waals surface area contributed by atoms with E-state index in [9.17, 15) is 13.2 Å². The van der Waals surface area contributed by atoms with E-state index < -0.39 is 10.0 Å². The van der Waals surface area contributed by atoms with Gasteiger partial charge in [0.25, 0.3) is 10.0 Å². The number of anilines is 1. The summed E-state index contributed by atoms with van der Waals surface area (Å²) < 4.78 is 35.2. The molecule has 1 unspecified atom stereocenters. The highest BCUT2D eigenvalue weighted by Gasteiger charge is 2.30. The van der Waals surface area contributed by atoms with E-state index >= 15 is 0 Å². The zero-order valence-corrected chi connectivity index (χ0v) is 20.2. The summed E-state index contributed by atoms with van der Waals surface area (Å²) in [5, 5.41) is 0. The Kier molecular flexibility index (Phi) is 6.38. The molecule has 0 saturated carbocycles. The van der Waals surface area contributed by atoms with E-state index in [0.717, 1.165) is 49.2 Å². The van der Waals surface area contributed by atoms with Crippen LogP contribution in [-0.2, 0) is 27.7 Å². The number of ether oxygens (including phenoxy) is 1. The van der Waals surface area contributed by atoms with Crippen LogP contribution in [0.15, 0.2) is 27.5 Å². The molecule has 10 heteroatoms. The van der Waals surface area contributed by atoms with Gasteiger partial charge in [-0.1, -0.05) is 0 Å². The van der Waals surface area contributed by atoms with Crippen LogP contribution in [0.3, 0.4) is 0 Å². The number of sulfonamides is 1. The number of fused-ring (bicyclic) bond motifs is 1. The molecule has 33 heavy (non-hydrogen) atoms. The molecule has 2 heterocycles. The Morgan fingerprint density at radius 2 is 2.12 bits per heavy atom. The second-order valence-electron chi connectivity index (χ2n) is 8.51. The van der Waals surface area contributed by atoms with Crippen LogP contribution in [0.4, 0.5) is 5.95 Å². The molecule has 1 aliphatic heterocycles. The third-order valence-electron chi connectivity index (χ3n) is 6.32. The summed E-state index contributed by atoms with van der Waals surface area (Å²) in [6, 6.07) is 5.43. The minimum Gasteiger partial charge on any atom is -0.495 e. The van der Waals surface area contributed by atoms with E-state index in [1.165, 1.54) is 25.1 Å². The van der Waals surface area contributed by atoms with Gasteiger partial charge in [-0.05, 0) is 50.8 Å². The van der Waals surface area contributed by atoms with Gasteiger partial charge in [0.1, 0.15) is 10.6 Å². The molecule has 1 saturated heterocycles. The number of nitrogens with zero attached hydrogens (tertiary/aromatic N) is 5. The zero-order valence-electron chi connectivity index (χ0n) is 19.4. The van der Waals surface area contributed by atoms with Crippen LogP contribution in [-0.4, -0.2) is 68.7 Å². The first-order valence-electron chi connectivity index (χ1n) is 11.1. The number of carbonyl (C=O) groups is 1. The van der Waals surface area contributed by atoms with E-state index in [-0.39, 0.29) is 23.1 Å². The molecule has 4 rings (SSSR count). The number of rotatable bonds is 7. The van der Waals surface area contributed by atoms with Crippen molar-refractivity contribution in [2.75, 3.05) is 32.1 Å². The summed E-state index contributed by atoms with van der Waals surface area (Å²) in [6.07, 6.45) is 5.09. The van der Waals surface area contributed by atoms with E-state index in [2.05, 4.69) is 16.2 Å². The fraction of sp³-hybridized carbons (Fsp3) is 0.478. The van der Waals surface area contributed by atoms with Gasteiger partial charge in [0.05, 0.1) is 19.3 Å². The first-order chi connectivity index (χ1) is 15.7. The summed E-state index contributed by atoms with van der Waals surface area (Å²) in [5.41, 5.74) is 3.58. The molecule has 0 bridgehead atoms. The number of carbonyl (C=O) groups excluding carboxylic acids is 1. The minimum atomic E-state index is -4.05. The molecule has 1 aromatic carbocycles. The maximum atomic E-state index is 13.0. The Labute approximate surface area is 194 Å². The van der Waals surface area contributed by atoms with Gasteiger partial charge in [0.15, 0.2) is 0 Å². The van der Waals surface area contributed by atoms with Crippen LogP contribution in [0.1, 0.15) is 37.9 Å².